The van der Waals surface area contributed by atoms with Crippen LogP contribution in [-0.2, 0) is 11.2 Å². The number of hydrogen-bond acceptors (Lipinski definition) is 2. The van der Waals surface area contributed by atoms with E-state index < -0.39 is 12.0 Å². The second kappa shape index (κ2) is 3.77. The van der Waals surface area contributed by atoms with Gasteiger partial charge in [0.05, 0.1) is 5.69 Å². The van der Waals surface area contributed by atoms with E-state index in [1.165, 1.54) is 6.07 Å². The minimum Gasteiger partial charge on any atom is -0.480 e. The van der Waals surface area contributed by atoms with Gasteiger partial charge in [0, 0.05) is 12.5 Å². The lowest BCUT2D eigenvalue weighted by Crippen LogP contribution is -2.43. The van der Waals surface area contributed by atoms with Crippen LogP contribution in [0.2, 0.25) is 0 Å². The minimum atomic E-state index is -0.899. The van der Waals surface area contributed by atoms with Crippen LogP contribution in [0.4, 0.5) is 10.1 Å². The number of nitrogens with zero attached hydrogens (tertiary/aromatic N) is 1. The van der Waals surface area contributed by atoms with Crippen LogP contribution in [-0.4, -0.2) is 23.2 Å². The summed E-state index contributed by atoms with van der Waals surface area (Å²) in [5, 5.41) is 9.13. The minimum absolute atomic E-state index is 0.0285. The highest BCUT2D eigenvalue weighted by Crippen LogP contribution is 2.36. The van der Waals surface area contributed by atoms with Crippen molar-refractivity contribution < 1.29 is 14.3 Å². The van der Waals surface area contributed by atoms with Gasteiger partial charge in [-0.05, 0) is 25.5 Å². The molecule has 1 aromatic rings. The third-order valence-electron chi connectivity index (χ3n) is 2.92. The molecule has 0 bridgehead atoms. The van der Waals surface area contributed by atoms with Gasteiger partial charge in [0.15, 0.2) is 0 Å². The van der Waals surface area contributed by atoms with Gasteiger partial charge in [0.2, 0.25) is 0 Å². The van der Waals surface area contributed by atoms with E-state index in [2.05, 4.69) is 0 Å². The molecule has 1 N–H and O–H groups in total. The number of aliphatic carboxylic acids is 1. The molecule has 86 valence electrons. The number of carbonyl (C=O) groups is 1. The molecule has 1 heterocycles. The second-order valence-electron chi connectivity index (χ2n) is 4.31. The molecule has 3 nitrogen and oxygen atoms in total. The van der Waals surface area contributed by atoms with E-state index in [-0.39, 0.29) is 11.9 Å². The molecule has 2 rings (SSSR count). The van der Waals surface area contributed by atoms with Crippen molar-refractivity contribution in [2.45, 2.75) is 32.4 Å². The fraction of sp³-hybridized carbons (Fsp3) is 0.417. The highest BCUT2D eigenvalue weighted by atomic mass is 19.1. The standard InChI is InChI=1S/C12H14FNO2/c1-7(2)14-10(12(15)16)6-8-4-3-5-9(13)11(8)14/h3-5,7,10H,6H2,1-2H3,(H,15,16). The summed E-state index contributed by atoms with van der Waals surface area (Å²) in [7, 11) is 0. The van der Waals surface area contributed by atoms with Crippen LogP contribution in [0.25, 0.3) is 0 Å². The molecular weight excluding hydrogens is 209 g/mol. The Labute approximate surface area is 93.5 Å². The van der Waals surface area contributed by atoms with Gasteiger partial charge in [-0.2, -0.15) is 0 Å². The van der Waals surface area contributed by atoms with Crippen LogP contribution in [0.5, 0.6) is 0 Å². The van der Waals surface area contributed by atoms with Crippen molar-refractivity contribution in [3.63, 3.8) is 0 Å². The summed E-state index contributed by atoms with van der Waals surface area (Å²) in [6.45, 7) is 3.74. The first-order valence-electron chi connectivity index (χ1n) is 5.31. The second-order valence-corrected chi connectivity index (χ2v) is 4.31. The largest absolute Gasteiger partial charge is 0.480 e. The molecular formula is C12H14FNO2. The molecule has 0 amide bonds. The molecule has 0 radical (unpaired) electrons. The third-order valence-corrected chi connectivity index (χ3v) is 2.92. The SMILES string of the molecule is CC(C)N1c2c(F)cccc2CC1C(=O)O. The van der Waals surface area contributed by atoms with Crippen LogP contribution in [0.15, 0.2) is 18.2 Å². The van der Waals surface area contributed by atoms with Gasteiger partial charge in [0.25, 0.3) is 0 Å². The van der Waals surface area contributed by atoms with Gasteiger partial charge in [-0.1, -0.05) is 12.1 Å². The van der Waals surface area contributed by atoms with Crippen LogP contribution >= 0.6 is 0 Å². The molecule has 0 saturated carbocycles. The Morgan fingerprint density at radius 1 is 1.56 bits per heavy atom. The van der Waals surface area contributed by atoms with E-state index >= 15 is 0 Å². The van der Waals surface area contributed by atoms with Crippen molar-refractivity contribution >= 4 is 11.7 Å². The average molecular weight is 223 g/mol. The number of para-hydroxylation sites is 1. The summed E-state index contributed by atoms with van der Waals surface area (Å²) in [4.78, 5) is 12.8. The van der Waals surface area contributed by atoms with Gasteiger partial charge < -0.3 is 10.0 Å². The topological polar surface area (TPSA) is 40.5 Å². The fourth-order valence-electron chi connectivity index (χ4n) is 2.30. The number of halogens is 1. The van der Waals surface area contributed by atoms with Crippen molar-refractivity contribution in [2.75, 3.05) is 4.90 Å². The maximum atomic E-state index is 13.7. The first kappa shape index (κ1) is 10.9. The van der Waals surface area contributed by atoms with Crippen molar-refractivity contribution in [1.82, 2.24) is 0 Å². The summed E-state index contributed by atoms with van der Waals surface area (Å²) in [6.07, 6.45) is 0.376. The quantitative estimate of drug-likeness (QED) is 0.834. The van der Waals surface area contributed by atoms with E-state index in [0.717, 1.165) is 5.56 Å². The maximum absolute atomic E-state index is 13.7. The highest BCUT2D eigenvalue weighted by Gasteiger charge is 2.37. The van der Waals surface area contributed by atoms with E-state index in [4.69, 9.17) is 5.11 Å². The monoisotopic (exact) mass is 223 g/mol. The number of hydrogen-bond donors (Lipinski definition) is 1. The van der Waals surface area contributed by atoms with Crippen molar-refractivity contribution in [3.05, 3.63) is 29.6 Å². The van der Waals surface area contributed by atoms with Gasteiger partial charge in [-0.15, -0.1) is 0 Å². The molecule has 0 aromatic heterocycles. The first-order valence-corrected chi connectivity index (χ1v) is 5.31. The van der Waals surface area contributed by atoms with Crippen LogP contribution in [0.1, 0.15) is 19.4 Å². The molecule has 0 saturated heterocycles. The summed E-state index contributed by atoms with van der Waals surface area (Å²) in [6, 6.07) is 4.11. The summed E-state index contributed by atoms with van der Waals surface area (Å²) < 4.78 is 13.7. The van der Waals surface area contributed by atoms with E-state index in [1.807, 2.05) is 13.8 Å². The smallest absolute Gasteiger partial charge is 0.326 e. The number of benzene rings is 1. The molecule has 1 aliphatic rings. The number of rotatable bonds is 2. The zero-order chi connectivity index (χ0) is 11.9. The number of anilines is 1. The number of carboxylic acids is 1. The van der Waals surface area contributed by atoms with E-state index in [1.54, 1.807) is 17.0 Å². The molecule has 4 heteroatoms. The Balaban J connectivity index is 2.50. The molecule has 16 heavy (non-hydrogen) atoms. The molecule has 0 spiro atoms. The molecule has 1 atom stereocenters. The predicted molar refractivity (Wildman–Crippen MR) is 59.1 cm³/mol. The van der Waals surface area contributed by atoms with Crippen LogP contribution in [0, 0.1) is 5.82 Å². The van der Waals surface area contributed by atoms with E-state index in [9.17, 15) is 9.18 Å². The summed E-state index contributed by atoms with van der Waals surface area (Å²) in [5.74, 6) is -1.24. The van der Waals surface area contributed by atoms with Crippen LogP contribution in [0.3, 0.4) is 0 Å². The maximum Gasteiger partial charge on any atom is 0.326 e. The highest BCUT2D eigenvalue weighted by molar-refractivity contribution is 5.82. The Bertz CT molecular complexity index is 431. The fourth-order valence-corrected chi connectivity index (χ4v) is 2.30. The van der Waals surface area contributed by atoms with E-state index in [0.29, 0.717) is 12.1 Å². The van der Waals surface area contributed by atoms with Gasteiger partial charge in [-0.25, -0.2) is 9.18 Å². The first-order chi connectivity index (χ1) is 7.52. The predicted octanol–water partition coefficient (Wildman–Crippen LogP) is 2.05. The molecule has 1 aliphatic heterocycles. The van der Waals surface area contributed by atoms with Crippen molar-refractivity contribution in [3.8, 4) is 0 Å². The van der Waals surface area contributed by atoms with Gasteiger partial charge >= 0.3 is 5.97 Å². The summed E-state index contributed by atoms with van der Waals surface area (Å²) in [5.41, 5.74) is 1.23. The zero-order valence-corrected chi connectivity index (χ0v) is 9.27. The van der Waals surface area contributed by atoms with Crippen molar-refractivity contribution in [2.24, 2.45) is 0 Å². The van der Waals surface area contributed by atoms with Crippen LogP contribution < -0.4 is 4.90 Å². The summed E-state index contributed by atoms with van der Waals surface area (Å²) >= 11 is 0. The lowest BCUT2D eigenvalue weighted by atomic mass is 10.1. The van der Waals surface area contributed by atoms with Crippen molar-refractivity contribution in [1.29, 1.82) is 0 Å². The lowest BCUT2D eigenvalue weighted by Gasteiger charge is -2.29. The average Bonchev–Trinajstić information content (AvgIpc) is 2.58. The normalized spacial score (nSPS) is 19.0. The number of fused-ring (bicyclic) bond motifs is 1. The number of carboxylic acid groups (broad SMARTS) is 1. The third kappa shape index (κ3) is 1.54. The Kier molecular flexibility index (Phi) is 2.58. The zero-order valence-electron chi connectivity index (χ0n) is 9.27. The molecule has 0 aliphatic carbocycles. The Morgan fingerprint density at radius 3 is 2.81 bits per heavy atom. The van der Waals surface area contributed by atoms with Gasteiger partial charge in [0.1, 0.15) is 11.9 Å². The molecule has 1 unspecified atom stereocenters. The lowest BCUT2D eigenvalue weighted by molar-refractivity contribution is -0.138. The molecule has 1 aromatic carbocycles. The Morgan fingerprint density at radius 2 is 2.25 bits per heavy atom. The Hall–Kier alpha value is -1.58. The van der Waals surface area contributed by atoms with Gasteiger partial charge in [-0.3, -0.25) is 0 Å². The molecule has 0 fully saturated rings.